The molecule has 10 heteroatoms. The first-order chi connectivity index (χ1) is 16.2. The van der Waals surface area contributed by atoms with Crippen LogP contribution in [0.2, 0.25) is 15.1 Å². The van der Waals surface area contributed by atoms with Crippen LogP contribution in [0.4, 0.5) is 11.4 Å². The Labute approximate surface area is 209 Å². The lowest BCUT2D eigenvalue weighted by Gasteiger charge is -2.13. The molecule has 7 nitrogen and oxygen atoms in total. The van der Waals surface area contributed by atoms with E-state index < -0.39 is 17.7 Å². The van der Waals surface area contributed by atoms with Gasteiger partial charge in [0, 0.05) is 31.8 Å². The summed E-state index contributed by atoms with van der Waals surface area (Å²) in [4.78, 5) is 38.4. The largest absolute Gasteiger partial charge is 0.328 e. The van der Waals surface area contributed by atoms with Crippen LogP contribution in [0, 0.1) is 6.92 Å². The number of anilines is 2. The molecular formula is C24H17Cl3N4O3. The van der Waals surface area contributed by atoms with Gasteiger partial charge in [-0.1, -0.05) is 40.9 Å². The zero-order chi connectivity index (χ0) is 24.4. The molecule has 0 unspecified atom stereocenters. The highest BCUT2D eigenvalue weighted by Crippen LogP contribution is 2.25. The van der Waals surface area contributed by atoms with Crippen LogP contribution in [0.1, 0.15) is 16.1 Å². The first-order valence-electron chi connectivity index (χ1n) is 9.98. The fraction of sp³-hybridized carbons (Fsp3) is 0.0417. The van der Waals surface area contributed by atoms with E-state index in [4.69, 9.17) is 34.8 Å². The molecule has 0 saturated heterocycles. The molecule has 0 aliphatic heterocycles. The SMILES string of the molecule is Cc1c(Cl)cccc1NC(=O)C(=O)Nn1c(C(=O)Nc2ccc(Cl)cc2)cc2cc(Cl)ccc21. The topological polar surface area (TPSA) is 92.2 Å². The molecule has 34 heavy (non-hydrogen) atoms. The number of hydrogen-bond donors (Lipinski definition) is 3. The Morgan fingerprint density at radius 1 is 0.794 bits per heavy atom. The number of carbonyl (C=O) groups is 3. The molecule has 3 amide bonds. The minimum absolute atomic E-state index is 0.0901. The molecule has 172 valence electrons. The standard InChI is InChI=1S/C24H17Cl3N4O3/c1-13-18(27)3-2-4-19(13)29-23(33)24(34)30-31-20-10-7-16(26)11-14(20)12-21(31)22(32)28-17-8-5-15(25)6-9-17/h2-12H,1H3,(H,28,32)(H,29,33)(H,30,34). The Bertz CT molecular complexity index is 1430. The Hall–Kier alpha value is -3.52. The number of amides is 3. The van der Waals surface area contributed by atoms with E-state index in [-0.39, 0.29) is 5.69 Å². The number of halogens is 3. The van der Waals surface area contributed by atoms with E-state index in [9.17, 15) is 14.4 Å². The quantitative estimate of drug-likeness (QED) is 0.297. The van der Waals surface area contributed by atoms with E-state index in [2.05, 4.69) is 16.1 Å². The average molecular weight is 516 g/mol. The number of nitrogens with one attached hydrogen (secondary N) is 3. The normalized spacial score (nSPS) is 10.7. The summed E-state index contributed by atoms with van der Waals surface area (Å²) in [5.41, 5.74) is 4.58. The van der Waals surface area contributed by atoms with Gasteiger partial charge in [-0.15, -0.1) is 0 Å². The maximum atomic E-state index is 13.0. The lowest BCUT2D eigenvalue weighted by molar-refractivity contribution is -0.133. The summed E-state index contributed by atoms with van der Waals surface area (Å²) in [7, 11) is 0. The van der Waals surface area contributed by atoms with Crippen molar-refractivity contribution in [3.8, 4) is 0 Å². The molecule has 0 aliphatic rings. The molecule has 0 aliphatic carbocycles. The molecule has 0 fully saturated rings. The van der Waals surface area contributed by atoms with Crippen LogP contribution < -0.4 is 16.1 Å². The third kappa shape index (κ3) is 5.02. The van der Waals surface area contributed by atoms with Crippen molar-refractivity contribution < 1.29 is 14.4 Å². The molecule has 0 atom stereocenters. The molecular weight excluding hydrogens is 499 g/mol. The number of aromatic nitrogens is 1. The van der Waals surface area contributed by atoms with Gasteiger partial charge in [0.1, 0.15) is 5.69 Å². The lowest BCUT2D eigenvalue weighted by Crippen LogP contribution is -2.36. The van der Waals surface area contributed by atoms with Gasteiger partial charge in [0.15, 0.2) is 0 Å². The van der Waals surface area contributed by atoms with Gasteiger partial charge in [0.25, 0.3) is 5.91 Å². The highest BCUT2D eigenvalue weighted by atomic mass is 35.5. The van der Waals surface area contributed by atoms with Gasteiger partial charge in [0.2, 0.25) is 0 Å². The van der Waals surface area contributed by atoms with Crippen LogP contribution in [-0.4, -0.2) is 22.4 Å². The van der Waals surface area contributed by atoms with Crippen molar-refractivity contribution in [2.24, 2.45) is 0 Å². The van der Waals surface area contributed by atoms with E-state index in [1.807, 2.05) is 0 Å². The van der Waals surface area contributed by atoms with Crippen LogP contribution in [0.3, 0.4) is 0 Å². The fourth-order valence-electron chi connectivity index (χ4n) is 3.28. The Morgan fingerprint density at radius 2 is 1.50 bits per heavy atom. The van der Waals surface area contributed by atoms with Gasteiger partial charge in [-0.25, -0.2) is 4.68 Å². The van der Waals surface area contributed by atoms with Gasteiger partial charge in [0.05, 0.1) is 5.52 Å². The zero-order valence-electron chi connectivity index (χ0n) is 17.7. The molecule has 3 N–H and O–H groups in total. The summed E-state index contributed by atoms with van der Waals surface area (Å²) in [6.45, 7) is 1.72. The van der Waals surface area contributed by atoms with E-state index >= 15 is 0 Å². The Morgan fingerprint density at radius 3 is 2.24 bits per heavy atom. The molecule has 1 aromatic heterocycles. The van der Waals surface area contributed by atoms with E-state index in [1.54, 1.807) is 73.7 Å². The first-order valence-corrected chi connectivity index (χ1v) is 11.1. The smallest absolute Gasteiger partial charge is 0.321 e. The van der Waals surface area contributed by atoms with Crippen molar-refractivity contribution in [1.82, 2.24) is 4.68 Å². The van der Waals surface area contributed by atoms with Crippen molar-refractivity contribution in [2.75, 3.05) is 16.1 Å². The van der Waals surface area contributed by atoms with Crippen LogP contribution in [0.25, 0.3) is 10.9 Å². The van der Waals surface area contributed by atoms with Gasteiger partial charge in [-0.05, 0) is 73.2 Å². The second-order valence-electron chi connectivity index (χ2n) is 7.34. The van der Waals surface area contributed by atoms with Crippen molar-refractivity contribution in [2.45, 2.75) is 6.92 Å². The molecule has 1 heterocycles. The van der Waals surface area contributed by atoms with Gasteiger partial charge >= 0.3 is 11.8 Å². The summed E-state index contributed by atoms with van der Waals surface area (Å²) < 4.78 is 1.24. The minimum atomic E-state index is -0.979. The van der Waals surface area contributed by atoms with Gasteiger partial charge in [-0.2, -0.15) is 0 Å². The predicted molar refractivity (Wildman–Crippen MR) is 136 cm³/mol. The molecule has 0 bridgehead atoms. The van der Waals surface area contributed by atoms with Crippen LogP contribution in [-0.2, 0) is 9.59 Å². The number of rotatable bonds is 4. The first kappa shape index (κ1) is 23.6. The molecule has 4 aromatic rings. The highest BCUT2D eigenvalue weighted by Gasteiger charge is 2.22. The maximum Gasteiger partial charge on any atom is 0.328 e. The van der Waals surface area contributed by atoms with Crippen LogP contribution >= 0.6 is 34.8 Å². The van der Waals surface area contributed by atoms with Gasteiger partial charge < -0.3 is 10.6 Å². The molecule has 0 saturated carbocycles. The monoisotopic (exact) mass is 514 g/mol. The Balaban J connectivity index is 1.63. The average Bonchev–Trinajstić information content (AvgIpc) is 3.15. The summed E-state index contributed by atoms with van der Waals surface area (Å²) >= 11 is 18.1. The fourth-order valence-corrected chi connectivity index (χ4v) is 3.76. The van der Waals surface area contributed by atoms with Crippen molar-refractivity contribution >= 4 is 74.8 Å². The van der Waals surface area contributed by atoms with Crippen molar-refractivity contribution in [3.63, 3.8) is 0 Å². The molecule has 4 rings (SSSR count). The molecule has 0 radical (unpaired) electrons. The Kier molecular flexibility index (Phi) is 6.79. The number of nitrogens with zero attached hydrogens (tertiary/aromatic N) is 1. The lowest BCUT2D eigenvalue weighted by atomic mass is 10.2. The number of fused-ring (bicyclic) bond motifs is 1. The maximum absolute atomic E-state index is 13.0. The number of hydrogen-bond acceptors (Lipinski definition) is 3. The van der Waals surface area contributed by atoms with E-state index in [1.165, 1.54) is 4.68 Å². The second kappa shape index (κ2) is 9.77. The van der Waals surface area contributed by atoms with Crippen LogP contribution in [0.15, 0.2) is 66.7 Å². The number of carbonyl (C=O) groups excluding carboxylic acids is 3. The number of benzene rings is 3. The zero-order valence-corrected chi connectivity index (χ0v) is 19.9. The molecule has 3 aromatic carbocycles. The second-order valence-corrected chi connectivity index (χ2v) is 8.62. The third-order valence-electron chi connectivity index (χ3n) is 5.03. The third-order valence-corrected chi connectivity index (χ3v) is 5.93. The van der Waals surface area contributed by atoms with E-state index in [0.29, 0.717) is 42.9 Å². The molecule has 0 spiro atoms. The predicted octanol–water partition coefficient (Wildman–Crippen LogP) is 5.87. The summed E-state index contributed by atoms with van der Waals surface area (Å²) in [6, 6.07) is 18.0. The summed E-state index contributed by atoms with van der Waals surface area (Å²) in [5.74, 6) is -2.42. The highest BCUT2D eigenvalue weighted by molar-refractivity contribution is 6.43. The minimum Gasteiger partial charge on any atom is -0.321 e. The van der Waals surface area contributed by atoms with Crippen molar-refractivity contribution in [1.29, 1.82) is 0 Å². The summed E-state index contributed by atoms with van der Waals surface area (Å²) in [5, 5.41) is 7.30. The van der Waals surface area contributed by atoms with Crippen molar-refractivity contribution in [3.05, 3.63) is 93.1 Å². The van der Waals surface area contributed by atoms with Crippen LogP contribution in [0.5, 0.6) is 0 Å². The summed E-state index contributed by atoms with van der Waals surface area (Å²) in [6.07, 6.45) is 0. The van der Waals surface area contributed by atoms with Gasteiger partial charge in [-0.3, -0.25) is 19.8 Å². The van der Waals surface area contributed by atoms with E-state index in [0.717, 1.165) is 0 Å².